The number of ether oxygens (including phenoxy) is 1. The summed E-state index contributed by atoms with van der Waals surface area (Å²) in [7, 11) is 0. The second-order valence-corrected chi connectivity index (χ2v) is 6.85. The molecular formula is C21H24N2O2. The number of carbonyl (C=O) groups is 1. The van der Waals surface area contributed by atoms with E-state index in [1.165, 1.54) is 5.56 Å². The smallest absolute Gasteiger partial charge is 0.251 e. The van der Waals surface area contributed by atoms with Crippen molar-refractivity contribution in [3.8, 4) is 5.75 Å². The Kier molecular flexibility index (Phi) is 4.70. The zero-order valence-electron chi connectivity index (χ0n) is 14.4. The Labute approximate surface area is 148 Å². The molecule has 0 bridgehead atoms. The lowest BCUT2D eigenvalue weighted by atomic mass is 9.93. The maximum Gasteiger partial charge on any atom is 0.251 e. The van der Waals surface area contributed by atoms with E-state index in [4.69, 9.17) is 4.74 Å². The minimum Gasteiger partial charge on any atom is -0.493 e. The van der Waals surface area contributed by atoms with E-state index >= 15 is 0 Å². The highest BCUT2D eigenvalue weighted by Gasteiger charge is 2.22. The van der Waals surface area contributed by atoms with E-state index in [1.54, 1.807) is 0 Å². The lowest BCUT2D eigenvalue weighted by Crippen LogP contribution is -2.25. The molecule has 1 atom stereocenters. The van der Waals surface area contributed by atoms with Gasteiger partial charge in [-0.25, -0.2) is 0 Å². The third kappa shape index (κ3) is 3.54. The summed E-state index contributed by atoms with van der Waals surface area (Å²) in [4.78, 5) is 12.7. The summed E-state index contributed by atoms with van der Waals surface area (Å²) in [6.07, 6.45) is 3.20. The van der Waals surface area contributed by atoms with Gasteiger partial charge in [-0.3, -0.25) is 4.79 Å². The molecule has 0 radical (unpaired) electrons. The van der Waals surface area contributed by atoms with Gasteiger partial charge in [0.05, 0.1) is 6.61 Å². The summed E-state index contributed by atoms with van der Waals surface area (Å²) in [5.74, 6) is 1.43. The predicted octanol–water partition coefficient (Wildman–Crippen LogP) is 3.02. The highest BCUT2D eigenvalue weighted by atomic mass is 16.5. The first kappa shape index (κ1) is 16.2. The lowest BCUT2D eigenvalue weighted by molar-refractivity contribution is 0.0949. The number of hydrogen-bond acceptors (Lipinski definition) is 3. The van der Waals surface area contributed by atoms with Crippen LogP contribution in [0, 0.1) is 0 Å². The van der Waals surface area contributed by atoms with E-state index in [0.29, 0.717) is 12.5 Å². The second kappa shape index (κ2) is 7.28. The molecule has 0 aromatic heterocycles. The maximum atomic E-state index is 12.7. The normalized spacial score (nSPS) is 19.1. The van der Waals surface area contributed by atoms with Crippen molar-refractivity contribution >= 4 is 5.91 Å². The number of hydrogen-bond donors (Lipinski definition) is 2. The zero-order chi connectivity index (χ0) is 17.1. The zero-order valence-corrected chi connectivity index (χ0v) is 14.4. The van der Waals surface area contributed by atoms with Gasteiger partial charge in [0.15, 0.2) is 0 Å². The van der Waals surface area contributed by atoms with Crippen LogP contribution in [0.5, 0.6) is 5.75 Å². The summed E-state index contributed by atoms with van der Waals surface area (Å²) in [6.45, 7) is 3.33. The van der Waals surface area contributed by atoms with Crippen molar-refractivity contribution in [1.82, 2.24) is 10.6 Å². The van der Waals surface area contributed by atoms with Crippen LogP contribution < -0.4 is 15.4 Å². The number of benzene rings is 2. The molecule has 2 aliphatic rings. The standard InChI is InChI=1S/C21H24N2O2/c24-21(19-6-2-1-5-18(19)17-9-10-22-14-17)23-13-15-7-8-20-16(12-15)4-3-11-25-20/h1-2,5-8,12,17,22H,3-4,9-11,13-14H2,(H,23,24)/t17-/m1/s1. The van der Waals surface area contributed by atoms with Crippen LogP contribution in [0.4, 0.5) is 0 Å². The van der Waals surface area contributed by atoms with Crippen LogP contribution in [-0.2, 0) is 13.0 Å². The van der Waals surface area contributed by atoms with Gasteiger partial charge in [-0.05, 0) is 60.5 Å². The highest BCUT2D eigenvalue weighted by molar-refractivity contribution is 5.95. The first-order valence-corrected chi connectivity index (χ1v) is 9.14. The molecule has 0 aliphatic carbocycles. The van der Waals surface area contributed by atoms with Gasteiger partial charge in [0.2, 0.25) is 0 Å². The Morgan fingerprint density at radius 3 is 3.04 bits per heavy atom. The minimum absolute atomic E-state index is 0.0106. The molecule has 4 heteroatoms. The number of aryl methyl sites for hydroxylation is 1. The van der Waals surface area contributed by atoms with Crippen LogP contribution in [0.3, 0.4) is 0 Å². The summed E-state index contributed by atoms with van der Waals surface area (Å²) in [6, 6.07) is 14.2. The summed E-state index contributed by atoms with van der Waals surface area (Å²) < 4.78 is 5.65. The monoisotopic (exact) mass is 336 g/mol. The molecule has 25 heavy (non-hydrogen) atoms. The number of nitrogens with one attached hydrogen (secondary N) is 2. The molecule has 1 fully saturated rings. The Hall–Kier alpha value is -2.33. The molecule has 4 rings (SSSR count). The molecule has 0 saturated carbocycles. The number of amides is 1. The molecule has 1 saturated heterocycles. The van der Waals surface area contributed by atoms with Crippen molar-refractivity contribution < 1.29 is 9.53 Å². The van der Waals surface area contributed by atoms with Crippen LogP contribution in [0.15, 0.2) is 42.5 Å². The fourth-order valence-corrected chi connectivity index (χ4v) is 3.78. The maximum absolute atomic E-state index is 12.7. The molecule has 1 amide bonds. The molecule has 0 unspecified atom stereocenters. The van der Waals surface area contributed by atoms with Crippen molar-refractivity contribution in [2.24, 2.45) is 0 Å². The van der Waals surface area contributed by atoms with Crippen molar-refractivity contribution in [1.29, 1.82) is 0 Å². The molecule has 2 aromatic rings. The molecule has 2 aromatic carbocycles. The summed E-state index contributed by atoms with van der Waals surface area (Å²) >= 11 is 0. The summed E-state index contributed by atoms with van der Waals surface area (Å²) in [5.41, 5.74) is 4.33. The fraction of sp³-hybridized carbons (Fsp3) is 0.381. The molecule has 2 N–H and O–H groups in total. The first-order chi connectivity index (χ1) is 12.3. The average Bonchev–Trinajstić information content (AvgIpc) is 3.20. The molecule has 130 valence electrons. The van der Waals surface area contributed by atoms with Crippen LogP contribution >= 0.6 is 0 Å². The van der Waals surface area contributed by atoms with Crippen molar-refractivity contribution in [3.05, 3.63) is 64.7 Å². The number of rotatable bonds is 4. The van der Waals surface area contributed by atoms with Gasteiger partial charge >= 0.3 is 0 Å². The van der Waals surface area contributed by atoms with Crippen molar-refractivity contribution in [3.63, 3.8) is 0 Å². The van der Waals surface area contributed by atoms with Crippen LogP contribution in [-0.4, -0.2) is 25.6 Å². The van der Waals surface area contributed by atoms with Crippen molar-refractivity contribution in [2.45, 2.75) is 31.7 Å². The predicted molar refractivity (Wildman–Crippen MR) is 98.1 cm³/mol. The second-order valence-electron chi connectivity index (χ2n) is 6.85. The fourth-order valence-electron chi connectivity index (χ4n) is 3.78. The Morgan fingerprint density at radius 1 is 1.24 bits per heavy atom. The Morgan fingerprint density at radius 2 is 2.16 bits per heavy atom. The Bertz CT molecular complexity index is 766. The van der Waals surface area contributed by atoms with Crippen molar-refractivity contribution in [2.75, 3.05) is 19.7 Å². The number of carbonyl (C=O) groups excluding carboxylic acids is 1. The van der Waals surface area contributed by atoms with Gasteiger partial charge < -0.3 is 15.4 Å². The van der Waals surface area contributed by atoms with Crippen LogP contribution in [0.25, 0.3) is 0 Å². The van der Waals surface area contributed by atoms with Gasteiger partial charge in [0.1, 0.15) is 5.75 Å². The molecule has 2 aliphatic heterocycles. The largest absolute Gasteiger partial charge is 0.493 e. The molecule has 0 spiro atoms. The van der Waals surface area contributed by atoms with Gasteiger partial charge in [-0.15, -0.1) is 0 Å². The quantitative estimate of drug-likeness (QED) is 0.902. The van der Waals surface area contributed by atoms with Crippen LogP contribution in [0.1, 0.15) is 45.8 Å². The van der Waals surface area contributed by atoms with E-state index in [0.717, 1.165) is 61.4 Å². The first-order valence-electron chi connectivity index (χ1n) is 9.14. The van der Waals surface area contributed by atoms with E-state index in [2.05, 4.69) is 22.8 Å². The van der Waals surface area contributed by atoms with E-state index < -0.39 is 0 Å². The van der Waals surface area contributed by atoms with Gasteiger partial charge in [-0.1, -0.05) is 30.3 Å². The average molecular weight is 336 g/mol. The molecule has 4 nitrogen and oxygen atoms in total. The van der Waals surface area contributed by atoms with E-state index in [-0.39, 0.29) is 5.91 Å². The lowest BCUT2D eigenvalue weighted by Gasteiger charge is -2.18. The third-order valence-electron chi connectivity index (χ3n) is 5.13. The number of fused-ring (bicyclic) bond motifs is 1. The summed E-state index contributed by atoms with van der Waals surface area (Å²) in [5, 5.41) is 6.47. The van der Waals surface area contributed by atoms with Gasteiger partial charge in [0.25, 0.3) is 5.91 Å². The highest BCUT2D eigenvalue weighted by Crippen LogP contribution is 2.27. The third-order valence-corrected chi connectivity index (χ3v) is 5.13. The van der Waals surface area contributed by atoms with Gasteiger partial charge in [0, 0.05) is 18.7 Å². The Balaban J connectivity index is 1.46. The van der Waals surface area contributed by atoms with E-state index in [9.17, 15) is 4.79 Å². The topological polar surface area (TPSA) is 50.4 Å². The van der Waals surface area contributed by atoms with Gasteiger partial charge in [-0.2, -0.15) is 0 Å². The minimum atomic E-state index is 0.0106. The van der Waals surface area contributed by atoms with E-state index in [1.807, 2.05) is 30.3 Å². The molecular weight excluding hydrogens is 312 g/mol. The SMILES string of the molecule is O=C(NCc1ccc2c(c1)CCCO2)c1ccccc1[C@@H]1CCNC1. The van der Waals surface area contributed by atoms with Crippen LogP contribution in [0.2, 0.25) is 0 Å². The molecule has 2 heterocycles.